The molecule has 8 nitrogen and oxygen atoms in total. The number of aliphatic hydroxyl groups excluding tert-OH is 1. The Morgan fingerprint density at radius 1 is 0.947 bits per heavy atom. The maximum Gasteiger partial charge on any atom is 0.249 e. The maximum absolute atomic E-state index is 14.6. The highest BCUT2D eigenvalue weighted by molar-refractivity contribution is 6.00. The van der Waals surface area contributed by atoms with E-state index in [0.717, 1.165) is 12.8 Å². The van der Waals surface area contributed by atoms with Gasteiger partial charge >= 0.3 is 0 Å². The van der Waals surface area contributed by atoms with Crippen LogP contribution in [0.2, 0.25) is 0 Å². The monoisotopic (exact) mass is 529 g/mol. The maximum atomic E-state index is 14.6. The molecule has 8 heteroatoms. The number of amides is 3. The van der Waals surface area contributed by atoms with E-state index in [9.17, 15) is 19.5 Å². The fraction of sp³-hybridized carbons (Fsp3) is 0.767. The van der Waals surface area contributed by atoms with Gasteiger partial charge in [-0.3, -0.25) is 14.4 Å². The SMILES string of the molecule is CCCN1CC=C[C@@]2(C)O[C@]34C=CCN(C(C)(C)CC(C)(C)C)C(=O)C3N(CCCCO)C(=O)[C@@H]4[C@H]2C1=O. The summed E-state index contributed by atoms with van der Waals surface area (Å²) in [5.41, 5.74) is -2.68. The number of ether oxygens (including phenoxy) is 1. The average molecular weight is 530 g/mol. The molecular weight excluding hydrogens is 482 g/mol. The number of hydrogen-bond donors (Lipinski definition) is 1. The van der Waals surface area contributed by atoms with Crippen LogP contribution in [-0.2, 0) is 19.1 Å². The molecule has 5 atom stereocenters. The van der Waals surface area contributed by atoms with E-state index in [2.05, 4.69) is 34.6 Å². The van der Waals surface area contributed by atoms with E-state index in [1.165, 1.54) is 0 Å². The average Bonchev–Trinajstić information content (AvgIpc) is 3.05. The van der Waals surface area contributed by atoms with E-state index < -0.39 is 34.6 Å². The highest BCUT2D eigenvalue weighted by atomic mass is 16.5. The van der Waals surface area contributed by atoms with Crippen LogP contribution in [0.5, 0.6) is 0 Å². The number of rotatable bonds is 8. The van der Waals surface area contributed by atoms with Gasteiger partial charge in [0.2, 0.25) is 17.7 Å². The first-order valence-corrected chi connectivity index (χ1v) is 14.3. The standard InChI is InChI=1S/C30H47N3O5/c1-8-15-31-16-11-13-29(7)21(24(31)35)22-25(36)32(17-9-10-19-34)23-26(37)33(18-12-14-30(22,23)38-29)28(5,6)20-27(2,3)4/h11-14,21-23,34H,8-10,15-20H2,1-7H3/t21-,22-,23?,29+,30-/m0/s1. The Bertz CT molecular complexity index is 1010. The van der Waals surface area contributed by atoms with Gasteiger partial charge in [0.15, 0.2) is 0 Å². The second-order valence-corrected chi connectivity index (χ2v) is 13.5. The van der Waals surface area contributed by atoms with Crippen molar-refractivity contribution in [2.45, 2.75) is 96.9 Å². The molecule has 0 aromatic carbocycles. The lowest BCUT2D eigenvalue weighted by molar-refractivity contribution is -0.156. The van der Waals surface area contributed by atoms with Gasteiger partial charge in [0.25, 0.3) is 0 Å². The smallest absolute Gasteiger partial charge is 0.249 e. The molecule has 4 rings (SSSR count). The molecule has 0 bridgehead atoms. The molecule has 1 unspecified atom stereocenters. The lowest BCUT2D eigenvalue weighted by Gasteiger charge is -2.44. The molecule has 4 aliphatic rings. The highest BCUT2D eigenvalue weighted by Crippen LogP contribution is 2.57. The summed E-state index contributed by atoms with van der Waals surface area (Å²) in [5.74, 6) is -1.91. The summed E-state index contributed by atoms with van der Waals surface area (Å²) in [7, 11) is 0. The van der Waals surface area contributed by atoms with Crippen molar-refractivity contribution >= 4 is 17.7 Å². The zero-order valence-electron chi connectivity index (χ0n) is 24.3. The third-order valence-electron chi connectivity index (χ3n) is 8.63. The van der Waals surface area contributed by atoms with Crippen molar-refractivity contribution in [3.05, 3.63) is 24.3 Å². The van der Waals surface area contributed by atoms with Crippen LogP contribution < -0.4 is 0 Å². The third-order valence-corrected chi connectivity index (χ3v) is 8.63. The topological polar surface area (TPSA) is 90.4 Å². The fourth-order valence-corrected chi connectivity index (χ4v) is 7.61. The van der Waals surface area contributed by atoms with E-state index in [1.807, 2.05) is 48.0 Å². The van der Waals surface area contributed by atoms with Gasteiger partial charge in [0.1, 0.15) is 11.6 Å². The Morgan fingerprint density at radius 2 is 1.63 bits per heavy atom. The second kappa shape index (κ2) is 10.1. The number of nitrogens with zero attached hydrogens (tertiary/aromatic N) is 3. The Labute approximate surface area is 228 Å². The number of likely N-dealkylation sites (tertiary alicyclic amines) is 1. The van der Waals surface area contributed by atoms with Crippen molar-refractivity contribution in [1.82, 2.24) is 14.7 Å². The molecule has 1 spiro atoms. The second-order valence-electron chi connectivity index (χ2n) is 13.5. The van der Waals surface area contributed by atoms with Crippen molar-refractivity contribution in [1.29, 1.82) is 0 Å². The van der Waals surface area contributed by atoms with Gasteiger partial charge in [-0.2, -0.15) is 0 Å². The van der Waals surface area contributed by atoms with Gasteiger partial charge in [0, 0.05) is 38.3 Å². The van der Waals surface area contributed by atoms with Crippen molar-refractivity contribution in [2.24, 2.45) is 17.3 Å². The van der Waals surface area contributed by atoms with Gasteiger partial charge in [-0.1, -0.05) is 52.0 Å². The van der Waals surface area contributed by atoms with Crippen LogP contribution in [0.25, 0.3) is 0 Å². The highest BCUT2D eigenvalue weighted by Gasteiger charge is 2.74. The third kappa shape index (κ3) is 4.72. The van der Waals surface area contributed by atoms with Crippen LogP contribution in [0.4, 0.5) is 0 Å². The van der Waals surface area contributed by atoms with E-state index in [-0.39, 0.29) is 29.7 Å². The molecule has 0 aromatic rings. The molecule has 2 saturated heterocycles. The van der Waals surface area contributed by atoms with Crippen LogP contribution in [0, 0.1) is 17.3 Å². The Balaban J connectivity index is 1.82. The minimum absolute atomic E-state index is 0.00317. The lowest BCUT2D eigenvalue weighted by Crippen LogP contribution is -2.60. The fourth-order valence-electron chi connectivity index (χ4n) is 7.61. The minimum Gasteiger partial charge on any atom is -0.396 e. The largest absolute Gasteiger partial charge is 0.396 e. The first-order chi connectivity index (χ1) is 17.7. The zero-order chi connectivity index (χ0) is 28.1. The summed E-state index contributed by atoms with van der Waals surface area (Å²) >= 11 is 0. The van der Waals surface area contributed by atoms with Crippen LogP contribution in [0.3, 0.4) is 0 Å². The molecule has 4 aliphatic heterocycles. The van der Waals surface area contributed by atoms with Gasteiger partial charge < -0.3 is 24.5 Å². The van der Waals surface area contributed by atoms with E-state index in [4.69, 9.17) is 4.74 Å². The summed E-state index contributed by atoms with van der Waals surface area (Å²) < 4.78 is 6.88. The van der Waals surface area contributed by atoms with E-state index >= 15 is 0 Å². The number of unbranched alkanes of at least 4 members (excludes halogenated alkanes) is 1. The normalized spacial score (nSPS) is 33.4. The molecule has 3 amide bonds. The van der Waals surface area contributed by atoms with E-state index in [1.54, 1.807) is 4.90 Å². The Hall–Kier alpha value is -2.19. The van der Waals surface area contributed by atoms with Crippen molar-refractivity contribution in [2.75, 3.05) is 32.8 Å². The lowest BCUT2D eigenvalue weighted by atomic mass is 9.74. The molecule has 2 fully saturated rings. The van der Waals surface area contributed by atoms with Crippen molar-refractivity contribution < 1.29 is 24.2 Å². The van der Waals surface area contributed by atoms with Crippen molar-refractivity contribution in [3.8, 4) is 0 Å². The van der Waals surface area contributed by atoms with Gasteiger partial charge in [-0.05, 0) is 51.9 Å². The molecular formula is C30H47N3O5. The minimum atomic E-state index is -1.23. The first kappa shape index (κ1) is 28.8. The van der Waals surface area contributed by atoms with Gasteiger partial charge in [-0.15, -0.1) is 0 Å². The predicted molar refractivity (Wildman–Crippen MR) is 146 cm³/mol. The number of aliphatic hydroxyl groups is 1. The summed E-state index contributed by atoms with van der Waals surface area (Å²) in [5, 5.41) is 9.41. The van der Waals surface area contributed by atoms with Crippen LogP contribution in [0.15, 0.2) is 24.3 Å². The molecule has 212 valence electrons. The molecule has 38 heavy (non-hydrogen) atoms. The summed E-state index contributed by atoms with van der Waals surface area (Å²) in [6.45, 7) is 16.5. The number of carbonyl (C=O) groups is 3. The Morgan fingerprint density at radius 3 is 2.26 bits per heavy atom. The Kier molecular flexibility index (Phi) is 7.65. The van der Waals surface area contributed by atoms with Crippen LogP contribution >= 0.6 is 0 Å². The molecule has 0 saturated carbocycles. The molecule has 4 heterocycles. The molecule has 0 aromatic heterocycles. The van der Waals surface area contributed by atoms with Crippen LogP contribution in [0.1, 0.15) is 74.1 Å². The molecule has 0 radical (unpaired) electrons. The number of hydrogen-bond acceptors (Lipinski definition) is 5. The first-order valence-electron chi connectivity index (χ1n) is 14.3. The predicted octanol–water partition coefficient (Wildman–Crippen LogP) is 3.15. The quantitative estimate of drug-likeness (QED) is 0.385. The molecule has 1 N–H and O–H groups in total. The summed E-state index contributed by atoms with van der Waals surface area (Å²) in [6, 6.07) is -0.860. The number of carbonyl (C=O) groups excluding carboxylic acids is 3. The van der Waals surface area contributed by atoms with Gasteiger partial charge in [0.05, 0.1) is 17.4 Å². The summed E-state index contributed by atoms with van der Waals surface area (Å²) in [6.07, 6.45) is 10.5. The van der Waals surface area contributed by atoms with Crippen LogP contribution in [-0.4, -0.2) is 93.1 Å². The molecule has 0 aliphatic carbocycles. The van der Waals surface area contributed by atoms with Gasteiger partial charge in [-0.25, -0.2) is 0 Å². The van der Waals surface area contributed by atoms with E-state index in [0.29, 0.717) is 39.0 Å². The zero-order valence-corrected chi connectivity index (χ0v) is 24.3. The van der Waals surface area contributed by atoms with Crippen molar-refractivity contribution in [3.63, 3.8) is 0 Å². The summed E-state index contributed by atoms with van der Waals surface area (Å²) in [4.78, 5) is 48.2. The number of fused-ring (bicyclic) bond motifs is 2.